The van der Waals surface area contributed by atoms with Crippen LogP contribution in [0, 0.1) is 0 Å². The Hall–Kier alpha value is -1.68. The number of likely N-dealkylation sites (tertiary alicyclic amines) is 1. The molecule has 0 aliphatic carbocycles. The monoisotopic (exact) mass is 259 g/mol. The SMILES string of the molecule is CN=CC(=O)NC1CCN(Cc2ccccc2)CC1. The van der Waals surface area contributed by atoms with Crippen molar-refractivity contribution in [1.82, 2.24) is 10.2 Å². The molecule has 102 valence electrons. The van der Waals surface area contributed by atoms with Gasteiger partial charge in [0.25, 0.3) is 5.91 Å². The summed E-state index contributed by atoms with van der Waals surface area (Å²) in [5.41, 5.74) is 1.35. The van der Waals surface area contributed by atoms with E-state index in [1.54, 1.807) is 7.05 Å². The number of carbonyl (C=O) groups excluding carboxylic acids is 1. The zero-order valence-electron chi connectivity index (χ0n) is 11.4. The van der Waals surface area contributed by atoms with E-state index in [1.807, 2.05) is 6.07 Å². The maximum absolute atomic E-state index is 11.4. The van der Waals surface area contributed by atoms with Gasteiger partial charge in [-0.1, -0.05) is 30.3 Å². The highest BCUT2D eigenvalue weighted by molar-refractivity contribution is 6.26. The van der Waals surface area contributed by atoms with Crippen LogP contribution in [0.4, 0.5) is 0 Å². The first-order valence-electron chi connectivity index (χ1n) is 6.77. The van der Waals surface area contributed by atoms with Crippen molar-refractivity contribution in [2.45, 2.75) is 25.4 Å². The third-order valence-corrected chi connectivity index (χ3v) is 3.43. The predicted octanol–water partition coefficient (Wildman–Crippen LogP) is 1.47. The minimum Gasteiger partial charge on any atom is -0.348 e. The van der Waals surface area contributed by atoms with Gasteiger partial charge in [-0.3, -0.25) is 14.7 Å². The van der Waals surface area contributed by atoms with Gasteiger partial charge in [0, 0.05) is 32.7 Å². The summed E-state index contributed by atoms with van der Waals surface area (Å²) in [4.78, 5) is 17.6. The minimum atomic E-state index is -0.0796. The Balaban J connectivity index is 1.75. The van der Waals surface area contributed by atoms with Gasteiger partial charge in [0.2, 0.25) is 0 Å². The maximum Gasteiger partial charge on any atom is 0.262 e. The first-order chi connectivity index (χ1) is 9.28. The average Bonchev–Trinajstić information content (AvgIpc) is 2.42. The third kappa shape index (κ3) is 4.48. The van der Waals surface area contributed by atoms with E-state index in [9.17, 15) is 4.79 Å². The number of benzene rings is 1. The molecule has 1 aliphatic heterocycles. The normalized spacial score (nSPS) is 17.7. The molecule has 19 heavy (non-hydrogen) atoms. The van der Waals surface area contributed by atoms with Crippen molar-refractivity contribution >= 4 is 12.1 Å². The van der Waals surface area contributed by atoms with Gasteiger partial charge in [-0.05, 0) is 18.4 Å². The Kier molecular flexibility index (Phi) is 5.10. The van der Waals surface area contributed by atoms with Gasteiger partial charge < -0.3 is 5.32 Å². The number of aliphatic imine (C=N–C) groups is 1. The van der Waals surface area contributed by atoms with Crippen LogP contribution in [0.1, 0.15) is 18.4 Å². The fourth-order valence-corrected chi connectivity index (χ4v) is 2.43. The highest BCUT2D eigenvalue weighted by Gasteiger charge is 2.19. The van der Waals surface area contributed by atoms with Crippen LogP contribution >= 0.6 is 0 Å². The predicted molar refractivity (Wildman–Crippen MR) is 77.3 cm³/mol. The molecule has 0 bridgehead atoms. The smallest absolute Gasteiger partial charge is 0.262 e. The first kappa shape index (κ1) is 13.7. The molecule has 1 amide bonds. The Morgan fingerprint density at radius 1 is 1.37 bits per heavy atom. The Labute approximate surface area is 114 Å². The summed E-state index contributed by atoms with van der Waals surface area (Å²) in [6.07, 6.45) is 3.36. The molecule has 0 atom stereocenters. The second-order valence-electron chi connectivity index (χ2n) is 4.93. The fraction of sp³-hybridized carbons (Fsp3) is 0.467. The van der Waals surface area contributed by atoms with Gasteiger partial charge in [0.15, 0.2) is 0 Å². The van der Waals surface area contributed by atoms with Gasteiger partial charge in [0.05, 0.1) is 6.21 Å². The molecule has 1 aromatic carbocycles. The standard InChI is InChI=1S/C15H21N3O/c1-16-11-15(19)17-14-7-9-18(10-8-14)12-13-5-3-2-4-6-13/h2-6,11,14H,7-10,12H2,1H3,(H,17,19). The highest BCUT2D eigenvalue weighted by Crippen LogP contribution is 2.13. The molecule has 4 nitrogen and oxygen atoms in total. The second kappa shape index (κ2) is 7.04. The minimum absolute atomic E-state index is 0.0796. The number of rotatable bonds is 4. The van der Waals surface area contributed by atoms with Crippen LogP contribution in [-0.2, 0) is 11.3 Å². The number of piperidine rings is 1. The van der Waals surface area contributed by atoms with Crippen LogP contribution in [0.25, 0.3) is 0 Å². The van der Waals surface area contributed by atoms with Crippen molar-refractivity contribution in [2.24, 2.45) is 4.99 Å². The first-order valence-corrected chi connectivity index (χ1v) is 6.77. The topological polar surface area (TPSA) is 44.7 Å². The van der Waals surface area contributed by atoms with Crippen molar-refractivity contribution in [3.63, 3.8) is 0 Å². The lowest BCUT2D eigenvalue weighted by atomic mass is 10.0. The molecule has 0 spiro atoms. The summed E-state index contributed by atoms with van der Waals surface area (Å²) in [6.45, 7) is 3.06. The third-order valence-electron chi connectivity index (χ3n) is 3.43. The van der Waals surface area contributed by atoms with E-state index in [2.05, 4.69) is 39.5 Å². The molecule has 2 rings (SSSR count). The molecule has 1 heterocycles. The highest BCUT2D eigenvalue weighted by atomic mass is 16.1. The molecule has 1 aliphatic rings. The van der Waals surface area contributed by atoms with E-state index >= 15 is 0 Å². The van der Waals surface area contributed by atoms with Crippen molar-refractivity contribution in [1.29, 1.82) is 0 Å². The van der Waals surface area contributed by atoms with E-state index in [0.29, 0.717) is 0 Å². The second-order valence-corrected chi connectivity index (χ2v) is 4.93. The van der Waals surface area contributed by atoms with E-state index in [4.69, 9.17) is 0 Å². The fourth-order valence-electron chi connectivity index (χ4n) is 2.43. The lowest BCUT2D eigenvalue weighted by Gasteiger charge is -2.32. The summed E-state index contributed by atoms with van der Waals surface area (Å²) in [5.74, 6) is -0.0796. The van der Waals surface area contributed by atoms with E-state index < -0.39 is 0 Å². The van der Waals surface area contributed by atoms with Gasteiger partial charge in [-0.2, -0.15) is 0 Å². The van der Waals surface area contributed by atoms with Crippen LogP contribution < -0.4 is 5.32 Å². The molecule has 0 unspecified atom stereocenters. The van der Waals surface area contributed by atoms with Crippen LogP contribution in [0.5, 0.6) is 0 Å². The zero-order valence-corrected chi connectivity index (χ0v) is 11.4. The summed E-state index contributed by atoms with van der Waals surface area (Å²) in [6, 6.07) is 10.8. The molecule has 1 fully saturated rings. The molecular formula is C15H21N3O. The van der Waals surface area contributed by atoms with Crippen molar-refractivity contribution in [3.05, 3.63) is 35.9 Å². The quantitative estimate of drug-likeness (QED) is 0.832. The lowest BCUT2D eigenvalue weighted by Crippen LogP contribution is -2.44. The Bertz CT molecular complexity index is 422. The van der Waals surface area contributed by atoms with Crippen LogP contribution in [0.15, 0.2) is 35.3 Å². The summed E-state index contributed by atoms with van der Waals surface area (Å²) < 4.78 is 0. The van der Waals surface area contributed by atoms with Gasteiger partial charge in [-0.25, -0.2) is 0 Å². The van der Waals surface area contributed by atoms with Gasteiger partial charge in [-0.15, -0.1) is 0 Å². The van der Waals surface area contributed by atoms with Crippen molar-refractivity contribution in [2.75, 3.05) is 20.1 Å². The number of nitrogens with one attached hydrogen (secondary N) is 1. The van der Waals surface area contributed by atoms with E-state index in [0.717, 1.165) is 32.5 Å². The van der Waals surface area contributed by atoms with Gasteiger partial charge >= 0.3 is 0 Å². The summed E-state index contributed by atoms with van der Waals surface area (Å²) in [7, 11) is 1.61. The molecule has 4 heteroatoms. The van der Waals surface area contributed by atoms with Crippen molar-refractivity contribution < 1.29 is 4.79 Å². The van der Waals surface area contributed by atoms with E-state index in [1.165, 1.54) is 11.8 Å². The Morgan fingerprint density at radius 3 is 2.68 bits per heavy atom. The van der Waals surface area contributed by atoms with Crippen molar-refractivity contribution in [3.8, 4) is 0 Å². The largest absolute Gasteiger partial charge is 0.348 e. The number of hydrogen-bond acceptors (Lipinski definition) is 3. The number of amides is 1. The number of carbonyl (C=O) groups is 1. The van der Waals surface area contributed by atoms with Crippen LogP contribution in [0.2, 0.25) is 0 Å². The molecule has 1 aromatic rings. The molecule has 0 saturated carbocycles. The maximum atomic E-state index is 11.4. The average molecular weight is 259 g/mol. The van der Waals surface area contributed by atoms with Crippen LogP contribution in [-0.4, -0.2) is 43.2 Å². The summed E-state index contributed by atoms with van der Waals surface area (Å²) in [5, 5.41) is 2.99. The molecule has 0 radical (unpaired) electrons. The molecule has 1 N–H and O–H groups in total. The van der Waals surface area contributed by atoms with Gasteiger partial charge in [0.1, 0.15) is 0 Å². The van der Waals surface area contributed by atoms with Crippen LogP contribution in [0.3, 0.4) is 0 Å². The number of hydrogen-bond donors (Lipinski definition) is 1. The molecule has 0 aromatic heterocycles. The molecular weight excluding hydrogens is 238 g/mol. The lowest BCUT2D eigenvalue weighted by molar-refractivity contribution is -0.115. The zero-order chi connectivity index (χ0) is 13.5. The van der Waals surface area contributed by atoms with E-state index in [-0.39, 0.29) is 11.9 Å². The molecule has 1 saturated heterocycles. The summed E-state index contributed by atoms with van der Waals surface area (Å²) >= 11 is 0. The Morgan fingerprint density at radius 2 is 2.05 bits per heavy atom. The number of nitrogens with zero attached hydrogens (tertiary/aromatic N) is 2.